The molecule has 0 spiro atoms. The van der Waals surface area contributed by atoms with Gasteiger partial charge in [0.05, 0.1) is 5.56 Å². The predicted molar refractivity (Wildman–Crippen MR) is 83.1 cm³/mol. The summed E-state index contributed by atoms with van der Waals surface area (Å²) in [5.74, 6) is -1.60. The summed E-state index contributed by atoms with van der Waals surface area (Å²) in [7, 11) is -1.97. The fourth-order valence-corrected chi connectivity index (χ4v) is 2.36. The Balaban J connectivity index is 2.31. The highest BCUT2D eigenvalue weighted by molar-refractivity contribution is 9.10. The molecule has 0 aliphatic rings. The van der Waals surface area contributed by atoms with Crippen molar-refractivity contribution in [2.75, 3.05) is 5.32 Å². The van der Waals surface area contributed by atoms with E-state index in [9.17, 15) is 9.18 Å². The number of carbonyl (C=O) groups is 1. The average molecular weight is 352 g/mol. The van der Waals surface area contributed by atoms with E-state index in [1.54, 1.807) is 12.1 Å². The first kappa shape index (κ1) is 15.7. The van der Waals surface area contributed by atoms with Gasteiger partial charge in [-0.1, -0.05) is 28.1 Å². The van der Waals surface area contributed by atoms with Gasteiger partial charge in [-0.05, 0) is 36.8 Å². The van der Waals surface area contributed by atoms with Gasteiger partial charge in [-0.3, -0.25) is 4.79 Å². The molecule has 21 heavy (non-hydrogen) atoms. The maximum atomic E-state index is 14.1. The molecule has 0 bridgehead atoms. The summed E-state index contributed by atoms with van der Waals surface area (Å²) in [6, 6.07) is 9.15. The van der Waals surface area contributed by atoms with Gasteiger partial charge in [0.2, 0.25) is 0 Å². The Morgan fingerprint density at radius 3 is 2.62 bits per heavy atom. The predicted octanol–water partition coefficient (Wildman–Crippen LogP) is 1.83. The van der Waals surface area contributed by atoms with Gasteiger partial charge < -0.3 is 15.4 Å². The molecular formula is C14H12BBrFNO3. The summed E-state index contributed by atoms with van der Waals surface area (Å²) in [6.07, 6.45) is 0. The minimum Gasteiger partial charge on any atom is -0.423 e. The lowest BCUT2D eigenvalue weighted by Crippen LogP contribution is -2.34. The highest BCUT2D eigenvalue weighted by Crippen LogP contribution is 2.21. The SMILES string of the molecule is Cc1cc(Br)ccc1NC(=O)c1cccc(B(O)O)c1F. The molecule has 0 heterocycles. The van der Waals surface area contributed by atoms with Crippen molar-refractivity contribution in [3.05, 3.63) is 57.8 Å². The second kappa shape index (κ2) is 6.38. The molecule has 108 valence electrons. The van der Waals surface area contributed by atoms with E-state index in [4.69, 9.17) is 10.0 Å². The van der Waals surface area contributed by atoms with Crippen molar-refractivity contribution in [2.45, 2.75) is 6.92 Å². The number of benzene rings is 2. The largest absolute Gasteiger partial charge is 0.491 e. The summed E-state index contributed by atoms with van der Waals surface area (Å²) < 4.78 is 14.9. The molecule has 0 radical (unpaired) electrons. The topological polar surface area (TPSA) is 69.6 Å². The summed E-state index contributed by atoms with van der Waals surface area (Å²) in [5.41, 5.74) is 0.784. The fourth-order valence-electron chi connectivity index (χ4n) is 1.88. The molecule has 4 nitrogen and oxygen atoms in total. The van der Waals surface area contributed by atoms with Crippen molar-refractivity contribution in [2.24, 2.45) is 0 Å². The summed E-state index contributed by atoms with van der Waals surface area (Å²) in [5, 5.41) is 20.7. The Bertz CT molecular complexity index is 694. The smallest absolute Gasteiger partial charge is 0.423 e. The van der Waals surface area contributed by atoms with E-state index >= 15 is 0 Å². The number of aryl methyl sites for hydroxylation is 1. The third kappa shape index (κ3) is 3.50. The Kier molecular flexibility index (Phi) is 4.77. The molecule has 0 saturated carbocycles. The third-order valence-electron chi connectivity index (χ3n) is 2.99. The lowest BCUT2D eigenvalue weighted by molar-refractivity contribution is 0.102. The summed E-state index contributed by atoms with van der Waals surface area (Å²) >= 11 is 3.32. The van der Waals surface area contributed by atoms with Crippen LogP contribution in [0.25, 0.3) is 0 Å². The molecule has 0 aliphatic heterocycles. The van der Waals surface area contributed by atoms with Crippen LogP contribution in [-0.2, 0) is 0 Å². The Labute approximate surface area is 129 Å². The van der Waals surface area contributed by atoms with Crippen molar-refractivity contribution in [1.82, 2.24) is 0 Å². The Morgan fingerprint density at radius 1 is 1.29 bits per heavy atom. The van der Waals surface area contributed by atoms with Crippen LogP contribution in [0.1, 0.15) is 15.9 Å². The number of halogens is 2. The molecule has 2 rings (SSSR count). The van der Waals surface area contributed by atoms with Crippen molar-refractivity contribution < 1.29 is 19.2 Å². The fraction of sp³-hybridized carbons (Fsp3) is 0.0714. The molecule has 2 aromatic carbocycles. The monoisotopic (exact) mass is 351 g/mol. The molecular weight excluding hydrogens is 340 g/mol. The maximum absolute atomic E-state index is 14.1. The van der Waals surface area contributed by atoms with E-state index < -0.39 is 18.8 Å². The van der Waals surface area contributed by atoms with Crippen LogP contribution >= 0.6 is 15.9 Å². The van der Waals surface area contributed by atoms with E-state index in [0.717, 1.165) is 10.0 Å². The number of hydrogen-bond acceptors (Lipinski definition) is 3. The van der Waals surface area contributed by atoms with Gasteiger partial charge in [-0.15, -0.1) is 0 Å². The molecule has 1 amide bonds. The summed E-state index contributed by atoms with van der Waals surface area (Å²) in [6.45, 7) is 1.81. The Hall–Kier alpha value is -1.70. The van der Waals surface area contributed by atoms with Crippen LogP contribution in [0.5, 0.6) is 0 Å². The van der Waals surface area contributed by atoms with Gasteiger partial charge in [0.15, 0.2) is 0 Å². The molecule has 0 aliphatic carbocycles. The number of nitrogens with one attached hydrogen (secondary N) is 1. The first-order valence-electron chi connectivity index (χ1n) is 6.12. The molecule has 0 aromatic heterocycles. The van der Waals surface area contributed by atoms with Crippen LogP contribution in [-0.4, -0.2) is 23.1 Å². The second-order valence-electron chi connectivity index (χ2n) is 4.50. The molecule has 3 N–H and O–H groups in total. The van der Waals surface area contributed by atoms with Gasteiger partial charge in [0.25, 0.3) is 5.91 Å². The number of rotatable bonds is 3. The molecule has 2 aromatic rings. The van der Waals surface area contributed by atoms with E-state index in [0.29, 0.717) is 5.69 Å². The molecule has 7 heteroatoms. The quantitative estimate of drug-likeness (QED) is 0.739. The summed E-state index contributed by atoms with van der Waals surface area (Å²) in [4.78, 5) is 12.1. The van der Waals surface area contributed by atoms with Crippen molar-refractivity contribution in [1.29, 1.82) is 0 Å². The highest BCUT2D eigenvalue weighted by Gasteiger charge is 2.22. The van der Waals surface area contributed by atoms with Crippen LogP contribution in [0.2, 0.25) is 0 Å². The number of carbonyl (C=O) groups excluding carboxylic acids is 1. The van der Waals surface area contributed by atoms with Crippen LogP contribution in [0.4, 0.5) is 10.1 Å². The molecule has 0 atom stereocenters. The zero-order valence-electron chi connectivity index (χ0n) is 11.1. The third-order valence-corrected chi connectivity index (χ3v) is 3.48. The standard InChI is InChI=1S/C14H12BBrFNO3/c1-8-7-9(16)5-6-12(8)18-14(19)10-3-2-4-11(13(10)17)15(20)21/h2-7,20-21H,1H3,(H,18,19). The van der Waals surface area contributed by atoms with Crippen LogP contribution < -0.4 is 10.8 Å². The number of anilines is 1. The molecule has 0 saturated heterocycles. The Morgan fingerprint density at radius 2 is 2.00 bits per heavy atom. The van der Waals surface area contributed by atoms with E-state index in [1.165, 1.54) is 18.2 Å². The van der Waals surface area contributed by atoms with Crippen LogP contribution in [0.3, 0.4) is 0 Å². The zero-order valence-corrected chi connectivity index (χ0v) is 12.7. The van der Waals surface area contributed by atoms with E-state index in [-0.39, 0.29) is 11.0 Å². The molecule has 0 fully saturated rings. The van der Waals surface area contributed by atoms with Gasteiger partial charge in [-0.25, -0.2) is 4.39 Å². The zero-order chi connectivity index (χ0) is 15.6. The van der Waals surface area contributed by atoms with Crippen molar-refractivity contribution in [3.8, 4) is 0 Å². The molecule has 0 unspecified atom stereocenters. The van der Waals surface area contributed by atoms with Crippen molar-refractivity contribution in [3.63, 3.8) is 0 Å². The van der Waals surface area contributed by atoms with E-state index in [1.807, 2.05) is 13.0 Å². The van der Waals surface area contributed by atoms with Gasteiger partial charge >= 0.3 is 7.12 Å². The normalized spacial score (nSPS) is 10.3. The lowest BCUT2D eigenvalue weighted by Gasteiger charge is -2.11. The maximum Gasteiger partial charge on any atom is 0.491 e. The second-order valence-corrected chi connectivity index (χ2v) is 5.41. The van der Waals surface area contributed by atoms with Crippen LogP contribution in [0.15, 0.2) is 40.9 Å². The van der Waals surface area contributed by atoms with Gasteiger partial charge in [0.1, 0.15) is 5.82 Å². The first-order valence-corrected chi connectivity index (χ1v) is 6.91. The van der Waals surface area contributed by atoms with Crippen LogP contribution in [0, 0.1) is 12.7 Å². The minimum atomic E-state index is -1.97. The first-order chi connectivity index (χ1) is 9.90. The van der Waals surface area contributed by atoms with Crippen molar-refractivity contribution >= 4 is 40.1 Å². The van der Waals surface area contributed by atoms with Gasteiger partial charge in [-0.2, -0.15) is 0 Å². The average Bonchev–Trinajstić information content (AvgIpc) is 2.41. The number of hydrogen-bond donors (Lipinski definition) is 3. The van der Waals surface area contributed by atoms with E-state index in [2.05, 4.69) is 21.2 Å². The number of amides is 1. The lowest BCUT2D eigenvalue weighted by atomic mass is 9.79. The minimum absolute atomic E-state index is 0.247. The van der Waals surface area contributed by atoms with Gasteiger partial charge in [0, 0.05) is 15.6 Å². The highest BCUT2D eigenvalue weighted by atomic mass is 79.9.